The van der Waals surface area contributed by atoms with Crippen LogP contribution in [0.2, 0.25) is 0 Å². The third-order valence-electron chi connectivity index (χ3n) is 0.886. The van der Waals surface area contributed by atoms with Crippen molar-refractivity contribution in [3.05, 3.63) is 0 Å². The largest absolute Gasteiger partial charge is 0.395 e. The number of aliphatic hydroxyl groups excluding tert-OH is 1. The van der Waals surface area contributed by atoms with Gasteiger partial charge in [0.15, 0.2) is 0 Å². The summed E-state index contributed by atoms with van der Waals surface area (Å²) < 4.78 is 0. The standard InChI is InChI=1S/C4H12N2O/c1-3(5)4(6)2-7/h3-4,7H,2,5-6H2,1H3/t3-,4+/m0/s1. The number of nitrogens with two attached hydrogens (primary N) is 2. The fraction of sp³-hybridized carbons (Fsp3) is 1.00. The van der Waals surface area contributed by atoms with E-state index in [2.05, 4.69) is 0 Å². The Bertz CT molecular complexity index is 47.0. The molecule has 0 aliphatic heterocycles. The lowest BCUT2D eigenvalue weighted by molar-refractivity contribution is 0.253. The Hall–Kier alpha value is -0.120. The van der Waals surface area contributed by atoms with Gasteiger partial charge in [-0.1, -0.05) is 0 Å². The van der Waals surface area contributed by atoms with E-state index in [9.17, 15) is 0 Å². The molecule has 3 nitrogen and oxygen atoms in total. The van der Waals surface area contributed by atoms with Crippen LogP contribution in [0, 0.1) is 0 Å². The van der Waals surface area contributed by atoms with E-state index in [1.165, 1.54) is 0 Å². The molecule has 44 valence electrons. The monoisotopic (exact) mass is 104 g/mol. The summed E-state index contributed by atoms with van der Waals surface area (Å²) >= 11 is 0. The molecule has 0 aliphatic rings. The van der Waals surface area contributed by atoms with Gasteiger partial charge in [0.25, 0.3) is 0 Å². The lowest BCUT2D eigenvalue weighted by Crippen LogP contribution is -2.41. The van der Waals surface area contributed by atoms with Crippen LogP contribution < -0.4 is 11.5 Å². The van der Waals surface area contributed by atoms with Crippen LogP contribution in [0.1, 0.15) is 6.92 Å². The molecule has 0 amide bonds. The maximum Gasteiger partial charge on any atom is 0.0597 e. The fourth-order valence-corrected chi connectivity index (χ4v) is 0.166. The predicted octanol–water partition coefficient (Wildman–Crippen LogP) is -1.35. The summed E-state index contributed by atoms with van der Waals surface area (Å²) in [6.07, 6.45) is 0. The van der Waals surface area contributed by atoms with Gasteiger partial charge in [0.2, 0.25) is 0 Å². The first-order valence-electron chi connectivity index (χ1n) is 2.30. The van der Waals surface area contributed by atoms with Gasteiger partial charge in [0.1, 0.15) is 0 Å². The Balaban J connectivity index is 3.14. The molecule has 5 N–H and O–H groups in total. The molecular weight excluding hydrogens is 92.1 g/mol. The van der Waals surface area contributed by atoms with Gasteiger partial charge in [-0.2, -0.15) is 0 Å². The van der Waals surface area contributed by atoms with Crippen LogP contribution in [0.5, 0.6) is 0 Å². The van der Waals surface area contributed by atoms with E-state index in [-0.39, 0.29) is 18.7 Å². The molecule has 3 heteroatoms. The van der Waals surface area contributed by atoms with Gasteiger partial charge >= 0.3 is 0 Å². The zero-order chi connectivity index (χ0) is 5.86. The zero-order valence-corrected chi connectivity index (χ0v) is 4.46. The van der Waals surface area contributed by atoms with Crippen molar-refractivity contribution >= 4 is 0 Å². The lowest BCUT2D eigenvalue weighted by atomic mass is 10.2. The van der Waals surface area contributed by atoms with Gasteiger partial charge in [-0.05, 0) is 6.92 Å². The van der Waals surface area contributed by atoms with Gasteiger partial charge in [-0.25, -0.2) is 0 Å². The topological polar surface area (TPSA) is 72.3 Å². The highest BCUT2D eigenvalue weighted by Gasteiger charge is 2.03. The molecule has 0 bridgehead atoms. The van der Waals surface area contributed by atoms with Crippen LogP contribution in [0.15, 0.2) is 0 Å². The first kappa shape index (κ1) is 6.88. The number of hydrogen-bond acceptors (Lipinski definition) is 3. The maximum absolute atomic E-state index is 8.30. The lowest BCUT2D eigenvalue weighted by Gasteiger charge is -2.10. The fourth-order valence-electron chi connectivity index (χ4n) is 0.166. The normalized spacial score (nSPS) is 18.9. The minimum absolute atomic E-state index is 0.0301. The smallest absolute Gasteiger partial charge is 0.0597 e. The summed E-state index contributed by atoms with van der Waals surface area (Å²) in [6.45, 7) is 1.73. The van der Waals surface area contributed by atoms with Crippen molar-refractivity contribution < 1.29 is 5.11 Å². The number of hydrogen-bond donors (Lipinski definition) is 3. The first-order valence-corrected chi connectivity index (χ1v) is 2.30. The van der Waals surface area contributed by atoms with Crippen LogP contribution in [0.3, 0.4) is 0 Å². The van der Waals surface area contributed by atoms with Crippen LogP contribution in [-0.4, -0.2) is 23.8 Å². The van der Waals surface area contributed by atoms with Crippen molar-refractivity contribution in [2.24, 2.45) is 11.5 Å². The molecule has 0 aromatic carbocycles. The van der Waals surface area contributed by atoms with Crippen LogP contribution >= 0.6 is 0 Å². The SMILES string of the molecule is C[C@H](N)[C@H](N)CO. The van der Waals surface area contributed by atoms with E-state index >= 15 is 0 Å². The molecule has 0 fully saturated rings. The number of rotatable bonds is 2. The molecule has 0 aliphatic carbocycles. The summed E-state index contributed by atoms with van der Waals surface area (Å²) in [5.41, 5.74) is 10.5. The van der Waals surface area contributed by atoms with E-state index in [1.807, 2.05) is 0 Å². The molecule has 0 aromatic rings. The molecule has 0 rings (SSSR count). The molecule has 0 heterocycles. The molecular formula is C4H12N2O. The Morgan fingerprint density at radius 1 is 1.57 bits per heavy atom. The van der Waals surface area contributed by atoms with Gasteiger partial charge in [0, 0.05) is 12.1 Å². The van der Waals surface area contributed by atoms with Crippen molar-refractivity contribution in [3.63, 3.8) is 0 Å². The second-order valence-corrected chi connectivity index (χ2v) is 1.71. The molecule has 0 spiro atoms. The highest BCUT2D eigenvalue weighted by molar-refractivity contribution is 4.68. The molecule has 0 saturated heterocycles. The van der Waals surface area contributed by atoms with Crippen molar-refractivity contribution in [1.82, 2.24) is 0 Å². The second-order valence-electron chi connectivity index (χ2n) is 1.71. The molecule has 0 radical (unpaired) electrons. The van der Waals surface area contributed by atoms with E-state index in [4.69, 9.17) is 16.6 Å². The van der Waals surface area contributed by atoms with Crippen molar-refractivity contribution in [2.75, 3.05) is 6.61 Å². The minimum Gasteiger partial charge on any atom is -0.395 e. The first-order chi connectivity index (χ1) is 3.18. The van der Waals surface area contributed by atoms with Gasteiger partial charge in [0.05, 0.1) is 6.61 Å². The predicted molar refractivity (Wildman–Crippen MR) is 28.7 cm³/mol. The Morgan fingerprint density at radius 3 is 2.00 bits per heavy atom. The van der Waals surface area contributed by atoms with Gasteiger partial charge < -0.3 is 16.6 Å². The van der Waals surface area contributed by atoms with Crippen molar-refractivity contribution in [3.8, 4) is 0 Å². The second kappa shape index (κ2) is 2.96. The average Bonchev–Trinajstić information content (AvgIpc) is 1.65. The Morgan fingerprint density at radius 2 is 2.00 bits per heavy atom. The van der Waals surface area contributed by atoms with E-state index < -0.39 is 0 Å². The van der Waals surface area contributed by atoms with Crippen molar-refractivity contribution in [2.45, 2.75) is 19.0 Å². The van der Waals surface area contributed by atoms with Gasteiger partial charge in [-0.3, -0.25) is 0 Å². The highest BCUT2D eigenvalue weighted by Crippen LogP contribution is 1.79. The molecule has 0 saturated carbocycles. The number of aliphatic hydroxyl groups is 1. The summed E-state index contributed by atoms with van der Waals surface area (Å²) in [6, 6.07) is -0.370. The highest BCUT2D eigenvalue weighted by atomic mass is 16.3. The van der Waals surface area contributed by atoms with Gasteiger partial charge in [-0.15, -0.1) is 0 Å². The van der Waals surface area contributed by atoms with Crippen molar-refractivity contribution in [1.29, 1.82) is 0 Å². The zero-order valence-electron chi connectivity index (χ0n) is 4.46. The Kier molecular flexibility index (Phi) is 2.91. The van der Waals surface area contributed by atoms with E-state index in [1.54, 1.807) is 6.92 Å². The van der Waals surface area contributed by atoms with Crippen LogP contribution in [-0.2, 0) is 0 Å². The summed E-state index contributed by atoms with van der Waals surface area (Å²) in [5, 5.41) is 8.30. The molecule has 7 heavy (non-hydrogen) atoms. The summed E-state index contributed by atoms with van der Waals surface area (Å²) in [7, 11) is 0. The summed E-state index contributed by atoms with van der Waals surface area (Å²) in [5.74, 6) is 0. The maximum atomic E-state index is 8.30. The quantitative estimate of drug-likeness (QED) is 0.405. The van der Waals surface area contributed by atoms with Crippen LogP contribution in [0.25, 0.3) is 0 Å². The third kappa shape index (κ3) is 2.56. The van der Waals surface area contributed by atoms with Crippen LogP contribution in [0.4, 0.5) is 0 Å². The Labute approximate surface area is 43.3 Å². The third-order valence-corrected chi connectivity index (χ3v) is 0.886. The summed E-state index contributed by atoms with van der Waals surface area (Å²) in [4.78, 5) is 0. The van der Waals surface area contributed by atoms with E-state index in [0.29, 0.717) is 0 Å². The van der Waals surface area contributed by atoms with E-state index in [0.717, 1.165) is 0 Å². The molecule has 0 unspecified atom stereocenters. The molecule has 0 aromatic heterocycles. The molecule has 2 atom stereocenters. The minimum atomic E-state index is -0.264. The average molecular weight is 104 g/mol.